The van der Waals surface area contributed by atoms with Gasteiger partial charge in [-0.1, -0.05) is 18.5 Å². The molecule has 7 nitrogen and oxygen atoms in total. The first-order valence-electron chi connectivity index (χ1n) is 7.91. The maximum absolute atomic E-state index is 12.5. The third-order valence-electron chi connectivity index (χ3n) is 4.32. The van der Waals surface area contributed by atoms with Gasteiger partial charge >= 0.3 is 0 Å². The highest BCUT2D eigenvalue weighted by Gasteiger charge is 2.31. The smallest absolute Gasteiger partial charge is 0.214 e. The Hall–Kier alpha value is -1.67. The molecule has 1 aliphatic rings. The standard InChI is InChI=1S/C15H22N4O3S/c1-4-5-8-23(20,21)19-7-6-13-12(9-19)15(17-16-13)14-10(2)18-22-11(14)3/h4-9H2,1-3H3,(H,16,17). The highest BCUT2D eigenvalue weighted by atomic mass is 32.2. The van der Waals surface area contributed by atoms with Gasteiger partial charge in [0, 0.05) is 30.8 Å². The number of nitrogens with one attached hydrogen (secondary N) is 1. The maximum atomic E-state index is 12.5. The Bertz CT molecular complexity index is 787. The van der Waals surface area contributed by atoms with E-state index in [0.717, 1.165) is 34.6 Å². The molecule has 0 saturated heterocycles. The van der Waals surface area contributed by atoms with Crippen LogP contribution in [0.5, 0.6) is 0 Å². The summed E-state index contributed by atoms with van der Waals surface area (Å²) in [5.41, 5.74) is 4.32. The van der Waals surface area contributed by atoms with Crippen LogP contribution >= 0.6 is 0 Å². The van der Waals surface area contributed by atoms with Gasteiger partial charge in [-0.15, -0.1) is 0 Å². The minimum Gasteiger partial charge on any atom is -0.361 e. The lowest BCUT2D eigenvalue weighted by molar-refractivity contribution is 0.389. The summed E-state index contributed by atoms with van der Waals surface area (Å²) >= 11 is 0. The molecular formula is C15H22N4O3S. The van der Waals surface area contributed by atoms with E-state index in [1.807, 2.05) is 20.8 Å². The molecular weight excluding hydrogens is 316 g/mol. The molecule has 3 rings (SSSR count). The first kappa shape index (κ1) is 16.2. The number of fused-ring (bicyclic) bond motifs is 1. The van der Waals surface area contributed by atoms with Crippen molar-refractivity contribution in [2.45, 2.75) is 46.6 Å². The monoisotopic (exact) mass is 338 g/mol. The second kappa shape index (κ2) is 6.09. The molecule has 3 heterocycles. The molecule has 0 amide bonds. The lowest BCUT2D eigenvalue weighted by Crippen LogP contribution is -2.37. The molecule has 0 atom stereocenters. The molecule has 1 aliphatic heterocycles. The Morgan fingerprint density at radius 2 is 2.13 bits per heavy atom. The molecule has 0 spiro atoms. The summed E-state index contributed by atoms with van der Waals surface area (Å²) in [6, 6.07) is 0. The van der Waals surface area contributed by atoms with Crippen molar-refractivity contribution in [1.82, 2.24) is 19.7 Å². The van der Waals surface area contributed by atoms with Crippen molar-refractivity contribution in [3.05, 3.63) is 22.7 Å². The number of aromatic amines is 1. The molecule has 8 heteroatoms. The fourth-order valence-electron chi connectivity index (χ4n) is 2.99. The van der Waals surface area contributed by atoms with Crippen LogP contribution in [-0.2, 0) is 23.0 Å². The zero-order chi connectivity index (χ0) is 16.6. The number of hydrogen-bond donors (Lipinski definition) is 1. The van der Waals surface area contributed by atoms with Gasteiger partial charge in [0.25, 0.3) is 0 Å². The van der Waals surface area contributed by atoms with Crippen LogP contribution in [0.1, 0.15) is 42.5 Å². The van der Waals surface area contributed by atoms with Crippen LogP contribution in [0.3, 0.4) is 0 Å². The molecule has 23 heavy (non-hydrogen) atoms. The third-order valence-corrected chi connectivity index (χ3v) is 6.22. The van der Waals surface area contributed by atoms with E-state index in [2.05, 4.69) is 15.4 Å². The Morgan fingerprint density at radius 3 is 2.78 bits per heavy atom. The first-order valence-corrected chi connectivity index (χ1v) is 9.52. The maximum Gasteiger partial charge on any atom is 0.214 e. The largest absolute Gasteiger partial charge is 0.361 e. The molecule has 1 N–H and O–H groups in total. The molecule has 0 saturated carbocycles. The summed E-state index contributed by atoms with van der Waals surface area (Å²) in [5.74, 6) is 0.903. The number of hydrogen-bond acceptors (Lipinski definition) is 5. The topological polar surface area (TPSA) is 92.1 Å². The fourth-order valence-corrected chi connectivity index (χ4v) is 4.60. The number of aromatic nitrogens is 3. The summed E-state index contributed by atoms with van der Waals surface area (Å²) in [6.45, 7) is 6.56. The van der Waals surface area contributed by atoms with Crippen LogP contribution in [0.2, 0.25) is 0 Å². The van der Waals surface area contributed by atoms with Crippen LogP contribution in [0.15, 0.2) is 4.52 Å². The summed E-state index contributed by atoms with van der Waals surface area (Å²) in [5, 5.41) is 11.4. The van der Waals surface area contributed by atoms with Crippen molar-refractivity contribution in [2.75, 3.05) is 12.3 Å². The number of H-pyrrole nitrogens is 1. The van der Waals surface area contributed by atoms with Crippen LogP contribution in [0.4, 0.5) is 0 Å². The predicted octanol–water partition coefficient (Wildman–Crippen LogP) is 2.17. The minimum atomic E-state index is -3.22. The zero-order valence-corrected chi connectivity index (χ0v) is 14.5. The molecule has 0 unspecified atom stereocenters. The van der Waals surface area contributed by atoms with E-state index in [4.69, 9.17) is 4.52 Å². The second-order valence-electron chi connectivity index (χ2n) is 5.98. The normalized spacial score (nSPS) is 15.8. The van der Waals surface area contributed by atoms with E-state index in [0.29, 0.717) is 31.7 Å². The fraction of sp³-hybridized carbons (Fsp3) is 0.600. The van der Waals surface area contributed by atoms with Gasteiger partial charge in [-0.05, 0) is 20.3 Å². The number of rotatable bonds is 5. The van der Waals surface area contributed by atoms with Gasteiger partial charge in [0.1, 0.15) is 11.5 Å². The van der Waals surface area contributed by atoms with Crippen molar-refractivity contribution in [3.63, 3.8) is 0 Å². The van der Waals surface area contributed by atoms with Gasteiger partial charge in [0.05, 0.1) is 17.0 Å². The van der Waals surface area contributed by atoms with Gasteiger partial charge in [-0.25, -0.2) is 8.42 Å². The highest BCUT2D eigenvalue weighted by molar-refractivity contribution is 7.89. The Balaban J connectivity index is 1.93. The Labute approximate surface area is 136 Å². The minimum absolute atomic E-state index is 0.206. The van der Waals surface area contributed by atoms with Crippen LogP contribution in [0, 0.1) is 13.8 Å². The highest BCUT2D eigenvalue weighted by Crippen LogP contribution is 2.33. The van der Waals surface area contributed by atoms with Gasteiger partial charge in [0.2, 0.25) is 10.0 Å². The second-order valence-corrected chi connectivity index (χ2v) is 8.07. The molecule has 0 aromatic carbocycles. The molecule has 0 bridgehead atoms. The number of sulfonamides is 1. The molecule has 2 aromatic heterocycles. The van der Waals surface area contributed by atoms with E-state index in [1.165, 1.54) is 0 Å². The quantitative estimate of drug-likeness (QED) is 0.902. The third kappa shape index (κ3) is 2.92. The molecule has 0 radical (unpaired) electrons. The zero-order valence-electron chi connectivity index (χ0n) is 13.7. The van der Waals surface area contributed by atoms with E-state index >= 15 is 0 Å². The van der Waals surface area contributed by atoms with E-state index in [-0.39, 0.29) is 5.75 Å². The summed E-state index contributed by atoms with van der Waals surface area (Å²) in [6.07, 6.45) is 2.21. The Kier molecular flexibility index (Phi) is 4.29. The lowest BCUT2D eigenvalue weighted by Gasteiger charge is -2.26. The van der Waals surface area contributed by atoms with Gasteiger partial charge in [0.15, 0.2) is 0 Å². The number of nitrogens with zero attached hydrogens (tertiary/aromatic N) is 3. The van der Waals surface area contributed by atoms with Gasteiger partial charge < -0.3 is 4.52 Å². The molecule has 0 aliphatic carbocycles. The van der Waals surface area contributed by atoms with E-state index in [9.17, 15) is 8.42 Å². The van der Waals surface area contributed by atoms with E-state index < -0.39 is 10.0 Å². The van der Waals surface area contributed by atoms with Crippen LogP contribution < -0.4 is 0 Å². The molecule has 0 fully saturated rings. The lowest BCUT2D eigenvalue weighted by atomic mass is 10.0. The van der Waals surface area contributed by atoms with Gasteiger partial charge in [-0.2, -0.15) is 9.40 Å². The molecule has 126 valence electrons. The first-order chi connectivity index (χ1) is 10.9. The van der Waals surface area contributed by atoms with Crippen LogP contribution in [-0.4, -0.2) is 40.4 Å². The van der Waals surface area contributed by atoms with Gasteiger partial charge in [-0.3, -0.25) is 5.10 Å². The average Bonchev–Trinajstić information content (AvgIpc) is 3.08. The van der Waals surface area contributed by atoms with Crippen molar-refractivity contribution in [3.8, 4) is 11.3 Å². The van der Waals surface area contributed by atoms with Crippen molar-refractivity contribution < 1.29 is 12.9 Å². The predicted molar refractivity (Wildman–Crippen MR) is 86.4 cm³/mol. The van der Waals surface area contributed by atoms with Crippen molar-refractivity contribution >= 4 is 10.0 Å². The summed E-state index contributed by atoms with van der Waals surface area (Å²) in [7, 11) is -3.22. The Morgan fingerprint density at radius 1 is 1.35 bits per heavy atom. The van der Waals surface area contributed by atoms with Crippen molar-refractivity contribution in [1.29, 1.82) is 0 Å². The SMILES string of the molecule is CCCCS(=O)(=O)N1CCc2[nH]nc(-c3c(C)noc3C)c2C1. The van der Waals surface area contributed by atoms with Crippen LogP contribution in [0.25, 0.3) is 11.3 Å². The van der Waals surface area contributed by atoms with Crippen molar-refractivity contribution in [2.24, 2.45) is 0 Å². The average molecular weight is 338 g/mol. The number of unbranched alkanes of at least 4 members (excludes halogenated alkanes) is 1. The number of aryl methyl sites for hydroxylation is 2. The molecule has 2 aromatic rings. The van der Waals surface area contributed by atoms with E-state index in [1.54, 1.807) is 4.31 Å². The summed E-state index contributed by atoms with van der Waals surface area (Å²) in [4.78, 5) is 0. The summed E-state index contributed by atoms with van der Waals surface area (Å²) < 4.78 is 31.7.